The predicted octanol–water partition coefficient (Wildman–Crippen LogP) is 4.41. The Morgan fingerprint density at radius 3 is 2.56 bits per heavy atom. The largest absolute Gasteiger partial charge is 0.477 e. The summed E-state index contributed by atoms with van der Waals surface area (Å²) in [6.07, 6.45) is 0. The number of pyridine rings is 1. The number of benzene rings is 2. The van der Waals surface area contributed by atoms with Gasteiger partial charge >= 0.3 is 5.97 Å². The minimum absolute atomic E-state index is 0.101. The number of ketones is 1. The summed E-state index contributed by atoms with van der Waals surface area (Å²) in [5.74, 6) is -1.50. The van der Waals surface area contributed by atoms with Crippen molar-refractivity contribution in [3.05, 3.63) is 76.0 Å². The van der Waals surface area contributed by atoms with E-state index in [0.29, 0.717) is 16.5 Å². The van der Waals surface area contributed by atoms with Gasteiger partial charge in [0.2, 0.25) is 5.78 Å². The molecule has 2 aromatic heterocycles. The first kappa shape index (κ1) is 15.5. The number of aromatic amines is 1. The van der Waals surface area contributed by atoms with E-state index in [2.05, 4.69) is 25.9 Å². The Balaban J connectivity index is 2.04. The second kappa shape index (κ2) is 5.82. The Morgan fingerprint density at radius 1 is 1.00 bits per heavy atom. The maximum Gasteiger partial charge on any atom is 0.354 e. The first-order chi connectivity index (χ1) is 12.0. The van der Waals surface area contributed by atoms with Gasteiger partial charge in [0.1, 0.15) is 11.4 Å². The topological polar surface area (TPSA) is 83.0 Å². The number of nitrogens with zero attached hydrogens (tertiary/aromatic N) is 1. The number of carbonyl (C=O) groups excluding carboxylic acids is 1. The highest BCUT2D eigenvalue weighted by Crippen LogP contribution is 2.29. The van der Waals surface area contributed by atoms with E-state index >= 15 is 0 Å². The molecule has 0 aliphatic carbocycles. The van der Waals surface area contributed by atoms with Crippen LogP contribution in [0, 0.1) is 0 Å². The molecule has 0 unspecified atom stereocenters. The molecule has 0 radical (unpaired) electrons. The van der Waals surface area contributed by atoms with Crippen LogP contribution >= 0.6 is 15.9 Å². The van der Waals surface area contributed by atoms with Crippen molar-refractivity contribution in [2.45, 2.75) is 0 Å². The first-order valence-electron chi connectivity index (χ1n) is 7.49. The lowest BCUT2D eigenvalue weighted by Gasteiger charge is -2.05. The smallest absolute Gasteiger partial charge is 0.354 e. The number of H-pyrrole nitrogens is 1. The number of aromatic nitrogens is 2. The fourth-order valence-corrected chi connectivity index (χ4v) is 3.29. The van der Waals surface area contributed by atoms with Gasteiger partial charge in [0.15, 0.2) is 0 Å². The van der Waals surface area contributed by atoms with Crippen LogP contribution < -0.4 is 0 Å². The van der Waals surface area contributed by atoms with Crippen LogP contribution in [0.3, 0.4) is 0 Å². The third-order valence-corrected chi connectivity index (χ3v) is 4.51. The SMILES string of the molecule is O=C(O)c1cc2c([nH]c3ccccc32)c(C(=O)c2cccc(Br)c2)n1. The quantitative estimate of drug-likeness (QED) is 0.504. The normalized spacial score (nSPS) is 11.1. The summed E-state index contributed by atoms with van der Waals surface area (Å²) in [5, 5.41) is 10.9. The molecule has 4 aromatic rings. The number of carboxylic acid groups (broad SMARTS) is 1. The Kier molecular flexibility index (Phi) is 3.62. The monoisotopic (exact) mass is 394 g/mol. The van der Waals surface area contributed by atoms with E-state index in [1.54, 1.807) is 18.2 Å². The minimum atomic E-state index is -1.17. The third kappa shape index (κ3) is 2.60. The molecule has 2 aromatic carbocycles. The average Bonchev–Trinajstić information content (AvgIpc) is 2.99. The number of carboxylic acids is 1. The predicted molar refractivity (Wildman–Crippen MR) is 98.1 cm³/mol. The van der Waals surface area contributed by atoms with Crippen LogP contribution in [-0.2, 0) is 0 Å². The standard InChI is InChI=1S/C19H11BrN2O3/c20-11-5-3-4-10(8-11)18(23)17-16-13(9-15(22-17)19(24)25)12-6-1-2-7-14(12)21-16/h1-9,21H,(H,24,25). The van der Waals surface area contributed by atoms with E-state index in [9.17, 15) is 14.7 Å². The van der Waals surface area contributed by atoms with Crippen LogP contribution in [0.4, 0.5) is 0 Å². The van der Waals surface area contributed by atoms with Gasteiger partial charge in [-0.25, -0.2) is 9.78 Å². The Bertz CT molecular complexity index is 1160. The molecule has 0 fully saturated rings. The van der Waals surface area contributed by atoms with Gasteiger partial charge in [0.05, 0.1) is 5.52 Å². The molecule has 0 atom stereocenters. The summed E-state index contributed by atoms with van der Waals surface area (Å²) in [6, 6.07) is 15.9. The molecule has 0 spiro atoms. The van der Waals surface area contributed by atoms with Crippen molar-refractivity contribution < 1.29 is 14.7 Å². The van der Waals surface area contributed by atoms with Crippen LogP contribution in [0.1, 0.15) is 26.5 Å². The van der Waals surface area contributed by atoms with Gasteiger partial charge in [-0.15, -0.1) is 0 Å². The highest BCUT2D eigenvalue weighted by molar-refractivity contribution is 9.10. The van der Waals surface area contributed by atoms with Crippen molar-refractivity contribution >= 4 is 49.5 Å². The summed E-state index contributed by atoms with van der Waals surface area (Å²) in [5.41, 5.74) is 1.74. The molecular formula is C19H11BrN2O3. The van der Waals surface area contributed by atoms with Gasteiger partial charge in [-0.05, 0) is 24.3 Å². The number of nitrogens with one attached hydrogen (secondary N) is 1. The van der Waals surface area contributed by atoms with Crippen LogP contribution in [0.25, 0.3) is 21.8 Å². The van der Waals surface area contributed by atoms with Gasteiger partial charge in [-0.1, -0.05) is 46.3 Å². The van der Waals surface area contributed by atoms with Crippen molar-refractivity contribution in [1.82, 2.24) is 9.97 Å². The molecule has 0 aliphatic heterocycles. The molecule has 5 nitrogen and oxygen atoms in total. The van der Waals surface area contributed by atoms with E-state index in [-0.39, 0.29) is 17.2 Å². The fourth-order valence-electron chi connectivity index (χ4n) is 2.89. The van der Waals surface area contributed by atoms with E-state index in [0.717, 1.165) is 15.4 Å². The molecule has 0 saturated heterocycles. The number of para-hydroxylation sites is 1. The molecule has 4 rings (SSSR count). The van der Waals surface area contributed by atoms with Crippen molar-refractivity contribution in [2.75, 3.05) is 0 Å². The first-order valence-corrected chi connectivity index (χ1v) is 8.29. The molecule has 25 heavy (non-hydrogen) atoms. The van der Waals surface area contributed by atoms with E-state index < -0.39 is 5.97 Å². The minimum Gasteiger partial charge on any atom is -0.477 e. The lowest BCUT2D eigenvalue weighted by atomic mass is 10.0. The van der Waals surface area contributed by atoms with Gasteiger partial charge in [-0.3, -0.25) is 4.79 Å². The highest BCUT2D eigenvalue weighted by atomic mass is 79.9. The van der Waals surface area contributed by atoms with Crippen molar-refractivity contribution in [2.24, 2.45) is 0 Å². The number of hydrogen-bond donors (Lipinski definition) is 2. The molecule has 0 saturated carbocycles. The van der Waals surface area contributed by atoms with Crippen molar-refractivity contribution in [3.63, 3.8) is 0 Å². The van der Waals surface area contributed by atoms with E-state index in [4.69, 9.17) is 0 Å². The number of aromatic carboxylic acids is 1. The summed E-state index contributed by atoms with van der Waals surface area (Å²) in [4.78, 5) is 31.7. The maximum atomic E-state index is 13.0. The zero-order valence-electron chi connectivity index (χ0n) is 12.8. The summed E-state index contributed by atoms with van der Waals surface area (Å²) >= 11 is 3.34. The number of rotatable bonds is 3. The average molecular weight is 395 g/mol. The van der Waals surface area contributed by atoms with Gasteiger partial charge < -0.3 is 10.1 Å². The van der Waals surface area contributed by atoms with Crippen LogP contribution in [0.2, 0.25) is 0 Å². The number of fused-ring (bicyclic) bond motifs is 3. The molecule has 0 amide bonds. The summed E-state index contributed by atoms with van der Waals surface area (Å²) in [6.45, 7) is 0. The molecule has 0 bridgehead atoms. The van der Waals surface area contributed by atoms with Gasteiger partial charge in [0, 0.05) is 26.3 Å². The lowest BCUT2D eigenvalue weighted by molar-refractivity contribution is 0.0690. The molecule has 2 N–H and O–H groups in total. The second-order valence-electron chi connectivity index (χ2n) is 5.59. The van der Waals surface area contributed by atoms with Gasteiger partial charge in [-0.2, -0.15) is 0 Å². The maximum absolute atomic E-state index is 13.0. The van der Waals surface area contributed by atoms with Crippen LogP contribution in [0.15, 0.2) is 59.1 Å². The number of hydrogen-bond acceptors (Lipinski definition) is 3. The lowest BCUT2D eigenvalue weighted by Crippen LogP contribution is -2.10. The molecule has 6 heteroatoms. The van der Waals surface area contributed by atoms with Crippen LogP contribution in [0.5, 0.6) is 0 Å². The Labute approximate surface area is 150 Å². The third-order valence-electron chi connectivity index (χ3n) is 4.02. The summed E-state index contributed by atoms with van der Waals surface area (Å²) in [7, 11) is 0. The zero-order chi connectivity index (χ0) is 17.6. The molecule has 2 heterocycles. The highest BCUT2D eigenvalue weighted by Gasteiger charge is 2.21. The fraction of sp³-hybridized carbons (Fsp3) is 0. The molecule has 122 valence electrons. The summed E-state index contributed by atoms with van der Waals surface area (Å²) < 4.78 is 0.764. The zero-order valence-corrected chi connectivity index (χ0v) is 14.4. The Morgan fingerprint density at radius 2 is 1.80 bits per heavy atom. The second-order valence-corrected chi connectivity index (χ2v) is 6.51. The molecular weight excluding hydrogens is 384 g/mol. The molecule has 0 aliphatic rings. The van der Waals surface area contributed by atoms with Crippen molar-refractivity contribution in [3.8, 4) is 0 Å². The van der Waals surface area contributed by atoms with Crippen LogP contribution in [-0.4, -0.2) is 26.8 Å². The van der Waals surface area contributed by atoms with E-state index in [1.807, 2.05) is 30.3 Å². The van der Waals surface area contributed by atoms with Gasteiger partial charge in [0.25, 0.3) is 0 Å². The number of carbonyl (C=O) groups is 2. The Hall–Kier alpha value is -2.99. The number of halogens is 1. The van der Waals surface area contributed by atoms with Crippen molar-refractivity contribution in [1.29, 1.82) is 0 Å². The van der Waals surface area contributed by atoms with E-state index in [1.165, 1.54) is 6.07 Å².